The molecule has 130 valence electrons. The molecule has 3 nitrogen and oxygen atoms in total. The Labute approximate surface area is 143 Å². The lowest BCUT2D eigenvalue weighted by Gasteiger charge is -2.41. The summed E-state index contributed by atoms with van der Waals surface area (Å²) in [7, 11) is -1.86. The Morgan fingerprint density at radius 3 is 2.39 bits per heavy atom. The van der Waals surface area contributed by atoms with Crippen molar-refractivity contribution in [2.24, 2.45) is 0 Å². The highest BCUT2D eigenvalue weighted by atomic mass is 28.4. The topological polar surface area (TPSA) is 21.7 Å². The van der Waals surface area contributed by atoms with Crippen molar-refractivity contribution in [2.75, 3.05) is 0 Å². The molecular weight excluding hydrogens is 302 g/mol. The predicted molar refractivity (Wildman–Crippen MR) is 98.5 cm³/mol. The summed E-state index contributed by atoms with van der Waals surface area (Å²) < 4.78 is 6.63. The summed E-state index contributed by atoms with van der Waals surface area (Å²) in [5.74, 6) is -0.502. The van der Waals surface area contributed by atoms with Crippen LogP contribution in [0.25, 0.3) is 0 Å². The lowest BCUT2D eigenvalue weighted by atomic mass is 10.1. The Morgan fingerprint density at radius 2 is 1.87 bits per heavy atom. The lowest BCUT2D eigenvalue weighted by molar-refractivity contribution is -0.274. The summed E-state index contributed by atoms with van der Waals surface area (Å²) in [6.07, 6.45) is 2.01. The molecule has 0 spiro atoms. The summed E-state index contributed by atoms with van der Waals surface area (Å²) in [6.45, 7) is 16.6. The molecule has 1 heterocycles. The summed E-state index contributed by atoms with van der Waals surface area (Å²) in [4.78, 5) is 6.33. The Morgan fingerprint density at radius 1 is 1.26 bits per heavy atom. The Balaban J connectivity index is 2.11. The molecule has 0 amide bonds. The molecule has 0 saturated carbocycles. The summed E-state index contributed by atoms with van der Waals surface area (Å²) in [5.41, 5.74) is 1.28. The first kappa shape index (κ1) is 18.7. The third-order valence-electron chi connectivity index (χ3n) is 5.25. The quantitative estimate of drug-likeness (QED) is 0.678. The molecule has 0 N–H and O–H groups in total. The Kier molecular flexibility index (Phi) is 5.41. The van der Waals surface area contributed by atoms with E-state index in [4.69, 9.17) is 9.26 Å². The van der Waals surface area contributed by atoms with Gasteiger partial charge in [-0.1, -0.05) is 58.0 Å². The first-order chi connectivity index (χ1) is 10.6. The first-order valence-electron chi connectivity index (χ1n) is 8.76. The van der Waals surface area contributed by atoms with Gasteiger partial charge in [0.1, 0.15) is 0 Å². The van der Waals surface area contributed by atoms with Crippen LogP contribution < -0.4 is 0 Å². The summed E-state index contributed by atoms with van der Waals surface area (Å²) in [5, 5.41) is 2.32. The van der Waals surface area contributed by atoms with Crippen molar-refractivity contribution in [3.63, 3.8) is 0 Å². The molecule has 0 bridgehead atoms. The van der Waals surface area contributed by atoms with E-state index in [0.717, 1.165) is 19.4 Å². The second kappa shape index (κ2) is 6.67. The van der Waals surface area contributed by atoms with Gasteiger partial charge in [-0.05, 0) is 37.0 Å². The highest BCUT2D eigenvalue weighted by Crippen LogP contribution is 2.43. The Bertz CT molecular complexity index is 512. The van der Waals surface area contributed by atoms with Crippen molar-refractivity contribution in [3.8, 4) is 0 Å². The average Bonchev–Trinajstić information content (AvgIpc) is 2.73. The highest BCUT2D eigenvalue weighted by molar-refractivity contribution is 6.74. The molecule has 1 aliphatic rings. The van der Waals surface area contributed by atoms with Crippen LogP contribution >= 0.6 is 0 Å². The van der Waals surface area contributed by atoms with Crippen LogP contribution in [0.1, 0.15) is 53.0 Å². The van der Waals surface area contributed by atoms with Gasteiger partial charge in [0.15, 0.2) is 14.1 Å². The fourth-order valence-corrected chi connectivity index (χ4v) is 4.42. The zero-order valence-electron chi connectivity index (χ0n) is 15.8. The smallest absolute Gasteiger partial charge is 0.195 e. The molecule has 1 fully saturated rings. The van der Waals surface area contributed by atoms with Crippen molar-refractivity contribution in [1.82, 2.24) is 5.06 Å². The molecule has 4 heteroatoms. The molecule has 1 saturated heterocycles. The lowest BCUT2D eigenvalue weighted by Crippen LogP contribution is -2.48. The second-order valence-corrected chi connectivity index (χ2v) is 13.1. The summed E-state index contributed by atoms with van der Waals surface area (Å²) in [6, 6.07) is 10.9. The fourth-order valence-electron chi connectivity index (χ4n) is 2.92. The molecule has 1 aromatic carbocycles. The van der Waals surface area contributed by atoms with Crippen LogP contribution in [0.2, 0.25) is 18.1 Å². The van der Waals surface area contributed by atoms with Gasteiger partial charge in [-0.2, -0.15) is 5.06 Å². The second-order valence-electron chi connectivity index (χ2n) is 8.41. The van der Waals surface area contributed by atoms with Crippen molar-refractivity contribution in [2.45, 2.75) is 84.0 Å². The van der Waals surface area contributed by atoms with Crippen LogP contribution in [-0.4, -0.2) is 25.2 Å². The molecular formula is C19H33NO2Si. The monoisotopic (exact) mass is 335 g/mol. The van der Waals surface area contributed by atoms with E-state index in [-0.39, 0.29) is 5.04 Å². The van der Waals surface area contributed by atoms with Gasteiger partial charge >= 0.3 is 0 Å². The molecule has 23 heavy (non-hydrogen) atoms. The maximum atomic E-state index is 6.63. The average molecular weight is 336 g/mol. The SMILES string of the molecule is CC[C@H]1C[C@@](C)(O[Si](C)(C)C(C)(C)C)ON1Cc1ccccc1. The number of hydrogen-bond donors (Lipinski definition) is 0. The van der Waals surface area contributed by atoms with Gasteiger partial charge in [-0.15, -0.1) is 0 Å². The van der Waals surface area contributed by atoms with Crippen LogP contribution in [-0.2, 0) is 15.8 Å². The predicted octanol–water partition coefficient (Wildman–Crippen LogP) is 5.34. The normalized spacial score (nSPS) is 26.7. The van der Waals surface area contributed by atoms with Gasteiger partial charge in [-0.3, -0.25) is 4.84 Å². The van der Waals surface area contributed by atoms with Gasteiger partial charge in [0.25, 0.3) is 0 Å². The molecule has 2 rings (SSSR count). The molecule has 0 unspecified atom stereocenters. The van der Waals surface area contributed by atoms with Gasteiger partial charge in [0, 0.05) is 19.0 Å². The van der Waals surface area contributed by atoms with Crippen LogP contribution in [0.5, 0.6) is 0 Å². The van der Waals surface area contributed by atoms with E-state index in [1.165, 1.54) is 5.56 Å². The van der Waals surface area contributed by atoms with Crippen LogP contribution in [0, 0.1) is 0 Å². The van der Waals surface area contributed by atoms with Crippen LogP contribution in [0.4, 0.5) is 0 Å². The summed E-state index contributed by atoms with van der Waals surface area (Å²) >= 11 is 0. The maximum Gasteiger partial charge on any atom is 0.195 e. The van der Waals surface area contributed by atoms with Crippen molar-refractivity contribution >= 4 is 8.32 Å². The number of rotatable bonds is 5. The zero-order chi connectivity index (χ0) is 17.3. The van der Waals surface area contributed by atoms with Gasteiger partial charge < -0.3 is 4.43 Å². The number of nitrogens with zero attached hydrogens (tertiary/aromatic N) is 1. The molecule has 0 radical (unpaired) electrons. The van der Waals surface area contributed by atoms with Crippen molar-refractivity contribution in [1.29, 1.82) is 0 Å². The standard InChI is InChI=1S/C19H33NO2Si/c1-8-17-14-19(5,22-23(6,7)18(2,3)4)21-20(17)15-16-12-10-9-11-13-16/h9-13,17H,8,14-15H2,1-7H3/t17-,19+/m0/s1. The van der Waals surface area contributed by atoms with E-state index in [2.05, 4.69) is 83.1 Å². The van der Waals surface area contributed by atoms with Crippen molar-refractivity contribution < 1.29 is 9.26 Å². The third kappa shape index (κ3) is 4.44. The fraction of sp³-hybridized carbons (Fsp3) is 0.684. The minimum atomic E-state index is -1.86. The van der Waals surface area contributed by atoms with Gasteiger partial charge in [0.2, 0.25) is 0 Å². The number of hydrogen-bond acceptors (Lipinski definition) is 3. The first-order valence-corrected chi connectivity index (χ1v) is 11.7. The maximum absolute atomic E-state index is 6.63. The minimum absolute atomic E-state index is 0.188. The molecule has 1 aromatic rings. The van der Waals surface area contributed by atoms with Gasteiger partial charge in [0.05, 0.1) is 0 Å². The highest BCUT2D eigenvalue weighted by Gasteiger charge is 2.49. The minimum Gasteiger partial charge on any atom is -0.389 e. The van der Waals surface area contributed by atoms with Crippen LogP contribution in [0.15, 0.2) is 30.3 Å². The molecule has 1 aliphatic heterocycles. The van der Waals surface area contributed by atoms with E-state index >= 15 is 0 Å². The van der Waals surface area contributed by atoms with Crippen LogP contribution in [0.3, 0.4) is 0 Å². The van der Waals surface area contributed by atoms with Gasteiger partial charge in [-0.25, -0.2) is 0 Å². The number of hydroxylamine groups is 2. The van der Waals surface area contributed by atoms with E-state index in [9.17, 15) is 0 Å². The largest absolute Gasteiger partial charge is 0.389 e. The number of benzene rings is 1. The van der Waals surface area contributed by atoms with E-state index in [0.29, 0.717) is 6.04 Å². The van der Waals surface area contributed by atoms with Crippen molar-refractivity contribution in [3.05, 3.63) is 35.9 Å². The van der Waals surface area contributed by atoms with E-state index in [1.807, 2.05) is 0 Å². The molecule has 2 atom stereocenters. The van der Waals surface area contributed by atoms with E-state index in [1.54, 1.807) is 0 Å². The zero-order valence-corrected chi connectivity index (χ0v) is 16.8. The third-order valence-corrected chi connectivity index (χ3v) is 9.81. The molecule has 0 aliphatic carbocycles. The molecule has 0 aromatic heterocycles. The Hall–Kier alpha value is -0.683. The van der Waals surface area contributed by atoms with E-state index < -0.39 is 14.1 Å².